The SMILES string of the molecule is CN(C)c1ccc(C(N)COc2noc3ccccc23)cc1. The predicted octanol–water partition coefficient (Wildman–Crippen LogP) is 2.97. The minimum atomic E-state index is -0.216. The van der Waals surface area contributed by atoms with Gasteiger partial charge in [-0.25, -0.2) is 0 Å². The molecule has 2 aromatic carbocycles. The van der Waals surface area contributed by atoms with Crippen molar-refractivity contribution < 1.29 is 9.26 Å². The van der Waals surface area contributed by atoms with Gasteiger partial charge in [-0.3, -0.25) is 0 Å². The Hall–Kier alpha value is -2.53. The Morgan fingerprint density at radius 2 is 1.86 bits per heavy atom. The molecule has 0 spiro atoms. The summed E-state index contributed by atoms with van der Waals surface area (Å²) in [5.41, 5.74) is 9.06. The molecule has 1 unspecified atom stereocenters. The van der Waals surface area contributed by atoms with Crippen LogP contribution in [0.15, 0.2) is 53.1 Å². The lowest BCUT2D eigenvalue weighted by atomic mass is 10.1. The van der Waals surface area contributed by atoms with Crippen molar-refractivity contribution in [3.63, 3.8) is 0 Å². The Kier molecular flexibility index (Phi) is 3.98. The van der Waals surface area contributed by atoms with Crippen LogP contribution in [0, 0.1) is 0 Å². The fraction of sp³-hybridized carbons (Fsp3) is 0.235. The maximum absolute atomic E-state index is 6.18. The van der Waals surface area contributed by atoms with Crippen LogP contribution in [0.2, 0.25) is 0 Å². The van der Waals surface area contributed by atoms with Crippen LogP contribution in [-0.2, 0) is 0 Å². The zero-order chi connectivity index (χ0) is 15.5. The molecule has 0 saturated carbocycles. The summed E-state index contributed by atoms with van der Waals surface area (Å²) >= 11 is 0. The molecule has 0 aliphatic carbocycles. The smallest absolute Gasteiger partial charge is 0.262 e. The molecule has 3 aromatic rings. The van der Waals surface area contributed by atoms with Crippen LogP contribution in [0.1, 0.15) is 11.6 Å². The van der Waals surface area contributed by atoms with E-state index in [1.807, 2.05) is 67.5 Å². The summed E-state index contributed by atoms with van der Waals surface area (Å²) in [6, 6.07) is 15.5. The van der Waals surface area contributed by atoms with Crippen molar-refractivity contribution in [2.45, 2.75) is 6.04 Å². The second-order valence-electron chi connectivity index (χ2n) is 5.39. The van der Waals surface area contributed by atoms with Crippen LogP contribution in [0.25, 0.3) is 11.0 Å². The summed E-state index contributed by atoms with van der Waals surface area (Å²) in [5.74, 6) is 0.482. The molecule has 1 atom stereocenters. The first-order valence-corrected chi connectivity index (χ1v) is 7.15. The minimum absolute atomic E-state index is 0.216. The number of nitrogens with zero attached hydrogens (tertiary/aromatic N) is 2. The highest BCUT2D eigenvalue weighted by molar-refractivity contribution is 5.81. The van der Waals surface area contributed by atoms with Crippen LogP contribution in [0.4, 0.5) is 5.69 Å². The maximum atomic E-state index is 6.18. The molecular weight excluding hydrogens is 278 g/mol. The Morgan fingerprint density at radius 3 is 2.59 bits per heavy atom. The van der Waals surface area contributed by atoms with Crippen LogP contribution in [0.5, 0.6) is 5.88 Å². The third kappa shape index (κ3) is 2.89. The number of benzene rings is 2. The Bertz CT molecular complexity index is 750. The molecule has 0 radical (unpaired) electrons. The monoisotopic (exact) mass is 297 g/mol. The second kappa shape index (κ2) is 6.07. The maximum Gasteiger partial charge on any atom is 0.262 e. The Labute approximate surface area is 129 Å². The molecule has 0 aliphatic heterocycles. The summed E-state index contributed by atoms with van der Waals surface area (Å²) < 4.78 is 10.9. The van der Waals surface area contributed by atoms with Gasteiger partial charge in [0.1, 0.15) is 6.61 Å². The number of anilines is 1. The first-order chi connectivity index (χ1) is 10.6. The van der Waals surface area contributed by atoms with Gasteiger partial charge in [-0.2, -0.15) is 0 Å². The van der Waals surface area contributed by atoms with Gasteiger partial charge in [-0.1, -0.05) is 24.3 Å². The van der Waals surface area contributed by atoms with E-state index in [0.717, 1.165) is 16.6 Å². The van der Waals surface area contributed by atoms with Crippen LogP contribution >= 0.6 is 0 Å². The highest BCUT2D eigenvalue weighted by Gasteiger charge is 2.12. The number of rotatable bonds is 5. The van der Waals surface area contributed by atoms with Crippen molar-refractivity contribution >= 4 is 16.7 Å². The predicted molar refractivity (Wildman–Crippen MR) is 87.2 cm³/mol. The first kappa shape index (κ1) is 14.4. The molecule has 0 bridgehead atoms. The highest BCUT2D eigenvalue weighted by atomic mass is 16.5. The standard InChI is InChI=1S/C17H19N3O2/c1-20(2)13-9-7-12(8-10-13)15(18)11-21-17-14-5-3-4-6-16(14)22-19-17/h3-10,15H,11,18H2,1-2H3. The molecule has 114 valence electrons. The van der Waals surface area contributed by atoms with Crippen molar-refractivity contribution in [3.05, 3.63) is 54.1 Å². The number of hydrogen-bond donors (Lipinski definition) is 1. The van der Waals surface area contributed by atoms with Gasteiger partial charge in [-0.05, 0) is 35.0 Å². The van der Waals surface area contributed by atoms with Gasteiger partial charge < -0.3 is 19.9 Å². The Morgan fingerprint density at radius 1 is 1.14 bits per heavy atom. The number of ether oxygens (including phenoxy) is 1. The zero-order valence-electron chi connectivity index (χ0n) is 12.7. The van der Waals surface area contributed by atoms with E-state index in [1.165, 1.54) is 0 Å². The van der Waals surface area contributed by atoms with Gasteiger partial charge in [0.2, 0.25) is 0 Å². The van der Waals surface area contributed by atoms with E-state index in [1.54, 1.807) is 0 Å². The summed E-state index contributed by atoms with van der Waals surface area (Å²) in [4.78, 5) is 2.05. The van der Waals surface area contributed by atoms with Crippen LogP contribution in [-0.4, -0.2) is 25.9 Å². The fourth-order valence-corrected chi connectivity index (χ4v) is 2.25. The molecule has 1 heterocycles. The summed E-state index contributed by atoms with van der Waals surface area (Å²) in [6.07, 6.45) is 0. The largest absolute Gasteiger partial charge is 0.473 e. The molecule has 3 rings (SSSR count). The molecule has 5 nitrogen and oxygen atoms in total. The number of fused-ring (bicyclic) bond motifs is 1. The average Bonchev–Trinajstić information content (AvgIpc) is 2.96. The second-order valence-corrected chi connectivity index (χ2v) is 5.39. The molecule has 22 heavy (non-hydrogen) atoms. The number of nitrogens with two attached hydrogens (primary N) is 1. The van der Waals surface area contributed by atoms with Gasteiger partial charge in [-0.15, -0.1) is 0 Å². The van der Waals surface area contributed by atoms with Crippen molar-refractivity contribution in [2.24, 2.45) is 5.73 Å². The topological polar surface area (TPSA) is 64.5 Å². The molecule has 5 heteroatoms. The van der Waals surface area contributed by atoms with E-state index >= 15 is 0 Å². The van der Waals surface area contributed by atoms with Gasteiger partial charge >= 0.3 is 0 Å². The van der Waals surface area contributed by atoms with Crippen LogP contribution in [0.3, 0.4) is 0 Å². The molecule has 1 aromatic heterocycles. The van der Waals surface area contributed by atoms with Crippen molar-refractivity contribution in [2.75, 3.05) is 25.6 Å². The summed E-state index contributed by atoms with van der Waals surface area (Å²) in [7, 11) is 4.02. The van der Waals surface area contributed by atoms with E-state index < -0.39 is 0 Å². The van der Waals surface area contributed by atoms with E-state index in [0.29, 0.717) is 18.1 Å². The zero-order valence-corrected chi connectivity index (χ0v) is 12.7. The normalized spacial score (nSPS) is 12.3. The quantitative estimate of drug-likeness (QED) is 0.784. The van der Waals surface area contributed by atoms with E-state index in [-0.39, 0.29) is 6.04 Å². The van der Waals surface area contributed by atoms with Gasteiger partial charge in [0, 0.05) is 19.8 Å². The van der Waals surface area contributed by atoms with E-state index in [9.17, 15) is 0 Å². The van der Waals surface area contributed by atoms with E-state index in [4.69, 9.17) is 15.0 Å². The van der Waals surface area contributed by atoms with Crippen molar-refractivity contribution in [1.82, 2.24) is 5.16 Å². The van der Waals surface area contributed by atoms with E-state index in [2.05, 4.69) is 5.16 Å². The molecule has 0 saturated heterocycles. The number of para-hydroxylation sites is 1. The number of hydrogen-bond acceptors (Lipinski definition) is 5. The first-order valence-electron chi connectivity index (χ1n) is 7.15. The van der Waals surface area contributed by atoms with Crippen molar-refractivity contribution in [1.29, 1.82) is 0 Å². The van der Waals surface area contributed by atoms with Gasteiger partial charge in [0.05, 0.1) is 11.4 Å². The molecule has 0 fully saturated rings. The third-order valence-electron chi connectivity index (χ3n) is 3.58. The summed E-state index contributed by atoms with van der Waals surface area (Å²) in [5, 5.41) is 4.80. The minimum Gasteiger partial charge on any atom is -0.473 e. The van der Waals surface area contributed by atoms with Crippen molar-refractivity contribution in [3.8, 4) is 5.88 Å². The number of aromatic nitrogens is 1. The molecular formula is C17H19N3O2. The lowest BCUT2D eigenvalue weighted by Crippen LogP contribution is -2.19. The molecule has 0 aliphatic rings. The van der Waals surface area contributed by atoms with Crippen LogP contribution < -0.4 is 15.4 Å². The lowest BCUT2D eigenvalue weighted by molar-refractivity contribution is 0.264. The van der Waals surface area contributed by atoms with Gasteiger partial charge in [0.25, 0.3) is 5.88 Å². The summed E-state index contributed by atoms with van der Waals surface area (Å²) in [6.45, 7) is 0.345. The lowest BCUT2D eigenvalue weighted by Gasteiger charge is -2.15. The molecule has 0 amide bonds. The third-order valence-corrected chi connectivity index (χ3v) is 3.58. The highest BCUT2D eigenvalue weighted by Crippen LogP contribution is 2.25. The fourth-order valence-electron chi connectivity index (χ4n) is 2.25. The Balaban J connectivity index is 1.68. The molecule has 2 N–H and O–H groups in total. The van der Waals surface area contributed by atoms with Gasteiger partial charge in [0.15, 0.2) is 5.58 Å². The average molecular weight is 297 g/mol.